The molecule has 0 atom stereocenters. The minimum atomic E-state index is -3.69. The van der Waals surface area contributed by atoms with Gasteiger partial charge in [0.25, 0.3) is 11.6 Å². The van der Waals surface area contributed by atoms with Crippen LogP contribution in [0.1, 0.15) is 15.9 Å². The van der Waals surface area contributed by atoms with Gasteiger partial charge in [0, 0.05) is 70.6 Å². The average Bonchev–Trinajstić information content (AvgIpc) is 3.41. The van der Waals surface area contributed by atoms with E-state index in [1.807, 2.05) is 30.3 Å². The Bertz CT molecular complexity index is 1640. The Morgan fingerprint density at radius 3 is 2.40 bits per heavy atom. The Hall–Kier alpha value is -3.62. The quantitative estimate of drug-likeness (QED) is 0.206. The zero-order valence-electron chi connectivity index (χ0n) is 22.9. The number of amides is 1. The lowest BCUT2D eigenvalue weighted by Crippen LogP contribution is -2.48. The van der Waals surface area contributed by atoms with Gasteiger partial charge in [-0.05, 0) is 35.9 Å². The van der Waals surface area contributed by atoms with Crippen LogP contribution in [0.25, 0.3) is 10.2 Å². The number of anilines is 1. The van der Waals surface area contributed by atoms with E-state index >= 15 is 0 Å². The van der Waals surface area contributed by atoms with Crippen molar-refractivity contribution >= 4 is 60.7 Å². The van der Waals surface area contributed by atoms with E-state index in [0.29, 0.717) is 18.7 Å². The maximum absolute atomic E-state index is 13.0. The molecule has 0 saturated carbocycles. The van der Waals surface area contributed by atoms with Crippen molar-refractivity contribution in [1.29, 1.82) is 0 Å². The number of nitro benzene ring substituents is 1. The van der Waals surface area contributed by atoms with Crippen LogP contribution >= 0.6 is 23.7 Å². The maximum Gasteiger partial charge on any atom is 0.270 e. The van der Waals surface area contributed by atoms with Gasteiger partial charge in [-0.3, -0.25) is 19.8 Å². The third-order valence-corrected chi connectivity index (χ3v) is 9.90. The monoisotopic (exact) mass is 630 g/mol. The van der Waals surface area contributed by atoms with E-state index in [1.165, 1.54) is 53.0 Å². The van der Waals surface area contributed by atoms with Crippen LogP contribution in [0.2, 0.25) is 0 Å². The van der Waals surface area contributed by atoms with Crippen LogP contribution < -0.4 is 10.2 Å². The molecule has 4 aromatic rings. The number of halogens is 1. The van der Waals surface area contributed by atoms with Gasteiger partial charge in [0.05, 0.1) is 20.0 Å². The highest BCUT2D eigenvalue weighted by molar-refractivity contribution is 7.89. The summed E-state index contributed by atoms with van der Waals surface area (Å²) in [6.45, 7) is 4.54. The van der Waals surface area contributed by atoms with Crippen molar-refractivity contribution in [3.8, 4) is 0 Å². The number of hydrogen-bond donors (Lipinski definition) is 1. The molecule has 0 unspecified atom stereocenters. The number of aromatic nitrogens is 1. The van der Waals surface area contributed by atoms with Gasteiger partial charge in [-0.25, -0.2) is 13.4 Å². The first-order valence-electron chi connectivity index (χ1n) is 13.1. The number of non-ortho nitro benzene ring substituents is 1. The van der Waals surface area contributed by atoms with Gasteiger partial charge >= 0.3 is 0 Å². The third kappa shape index (κ3) is 7.23. The maximum atomic E-state index is 13.0. The number of nitrogens with zero attached hydrogens (tertiary/aromatic N) is 5. The molecule has 42 heavy (non-hydrogen) atoms. The summed E-state index contributed by atoms with van der Waals surface area (Å²) < 4.78 is 28.0. The topological polar surface area (TPSA) is 129 Å². The van der Waals surface area contributed by atoms with Crippen LogP contribution in [-0.4, -0.2) is 79.8 Å². The molecule has 1 aliphatic rings. The number of benzene rings is 3. The fourth-order valence-corrected chi connectivity index (χ4v) is 6.84. The number of hydrogen-bond acceptors (Lipinski definition) is 9. The van der Waals surface area contributed by atoms with Crippen LogP contribution in [0.15, 0.2) is 77.7 Å². The lowest BCUT2D eigenvalue weighted by Gasteiger charge is -2.34. The van der Waals surface area contributed by atoms with E-state index in [-0.39, 0.29) is 35.4 Å². The van der Waals surface area contributed by atoms with Crippen molar-refractivity contribution in [2.24, 2.45) is 0 Å². The first kappa shape index (κ1) is 31.3. The number of sulfonamides is 1. The molecule has 2 heterocycles. The summed E-state index contributed by atoms with van der Waals surface area (Å²) in [5, 5.41) is 14.8. The zero-order valence-corrected chi connectivity index (χ0v) is 25.3. The molecule has 1 saturated heterocycles. The highest BCUT2D eigenvalue weighted by Gasteiger charge is 2.22. The number of nitrogens with one attached hydrogen (secondary N) is 1. The molecule has 11 nitrogen and oxygen atoms in total. The van der Waals surface area contributed by atoms with Gasteiger partial charge < -0.3 is 10.2 Å². The second-order valence-electron chi connectivity index (χ2n) is 9.76. The Balaban J connectivity index is 0.00000405. The Morgan fingerprint density at radius 2 is 1.74 bits per heavy atom. The smallest absolute Gasteiger partial charge is 0.270 e. The number of carbonyl (C=O) groups is 1. The summed E-state index contributed by atoms with van der Waals surface area (Å²) in [5.41, 5.74) is 2.11. The second kappa shape index (κ2) is 13.6. The number of nitro groups is 1. The number of carbonyl (C=O) groups excluding carboxylic acids is 1. The van der Waals surface area contributed by atoms with E-state index in [2.05, 4.69) is 20.1 Å². The first-order chi connectivity index (χ1) is 19.7. The van der Waals surface area contributed by atoms with Crippen LogP contribution in [0.4, 0.5) is 10.8 Å². The van der Waals surface area contributed by atoms with Gasteiger partial charge in [-0.2, -0.15) is 4.31 Å². The normalized spacial score (nSPS) is 14.1. The van der Waals surface area contributed by atoms with E-state index < -0.39 is 14.9 Å². The van der Waals surface area contributed by atoms with Crippen molar-refractivity contribution in [2.45, 2.75) is 11.4 Å². The largest absolute Gasteiger partial charge is 0.351 e. The van der Waals surface area contributed by atoms with Crippen LogP contribution in [0.3, 0.4) is 0 Å². The molecule has 5 rings (SSSR count). The van der Waals surface area contributed by atoms with Gasteiger partial charge in [-0.15, -0.1) is 12.4 Å². The lowest BCUT2D eigenvalue weighted by atomic mass is 10.2. The fraction of sp³-hybridized carbons (Fsp3) is 0.286. The minimum Gasteiger partial charge on any atom is -0.351 e. The standard InChI is InChI=1S/C28H30N6O5S2.ClH/c1-31(20-21-5-3-2-4-6-21)41(38,39)24-10-7-22(8-11-24)27(35)29-13-14-32-15-17-33(18-16-32)28-30-25-12-9-23(34(36)37)19-26(25)40-28;/h2-12,19H,13-18,20H2,1H3,(H,29,35);1H. The lowest BCUT2D eigenvalue weighted by molar-refractivity contribution is -0.384. The summed E-state index contributed by atoms with van der Waals surface area (Å²) in [6.07, 6.45) is 0. The molecular weight excluding hydrogens is 600 g/mol. The van der Waals surface area contributed by atoms with Crippen molar-refractivity contribution in [2.75, 3.05) is 51.2 Å². The van der Waals surface area contributed by atoms with E-state index in [4.69, 9.17) is 0 Å². The summed E-state index contributed by atoms with van der Waals surface area (Å²) >= 11 is 1.45. The van der Waals surface area contributed by atoms with Gasteiger partial charge in [0.15, 0.2) is 5.13 Å². The Labute approximate surface area is 254 Å². The second-order valence-corrected chi connectivity index (χ2v) is 12.8. The molecule has 0 spiro atoms. The van der Waals surface area contributed by atoms with Gasteiger partial charge in [-0.1, -0.05) is 41.7 Å². The molecule has 0 radical (unpaired) electrons. The molecular formula is C28H31ClN6O5S2. The van der Waals surface area contributed by atoms with Gasteiger partial charge in [0.1, 0.15) is 0 Å². The van der Waals surface area contributed by atoms with Crippen LogP contribution in [0, 0.1) is 10.1 Å². The van der Waals surface area contributed by atoms with Crippen molar-refractivity contribution < 1.29 is 18.1 Å². The molecule has 222 valence electrons. The number of fused-ring (bicyclic) bond motifs is 1. The van der Waals surface area contributed by atoms with Crippen molar-refractivity contribution in [1.82, 2.24) is 19.5 Å². The van der Waals surface area contributed by atoms with E-state index in [0.717, 1.165) is 47.1 Å². The molecule has 1 fully saturated rings. The average molecular weight is 631 g/mol. The molecule has 1 N–H and O–H groups in total. The molecule has 0 aliphatic carbocycles. The minimum absolute atomic E-state index is 0. The summed E-state index contributed by atoms with van der Waals surface area (Å²) in [4.78, 5) is 32.5. The summed E-state index contributed by atoms with van der Waals surface area (Å²) in [6, 6.07) is 20.1. The zero-order chi connectivity index (χ0) is 29.0. The third-order valence-electron chi connectivity index (χ3n) is 7.00. The van der Waals surface area contributed by atoms with Gasteiger partial charge in [0.2, 0.25) is 10.0 Å². The predicted molar refractivity (Wildman–Crippen MR) is 166 cm³/mol. The van der Waals surface area contributed by atoms with E-state index in [1.54, 1.807) is 12.1 Å². The number of piperazine rings is 1. The SMILES string of the molecule is CN(Cc1ccccc1)S(=O)(=O)c1ccc(C(=O)NCCN2CCN(c3nc4ccc([N+](=O)[O-])cc4s3)CC2)cc1.Cl. The molecule has 14 heteroatoms. The predicted octanol–water partition coefficient (Wildman–Crippen LogP) is 4.00. The fourth-order valence-electron chi connectivity index (χ4n) is 4.63. The first-order valence-corrected chi connectivity index (χ1v) is 15.4. The highest BCUT2D eigenvalue weighted by atomic mass is 35.5. The Kier molecular flexibility index (Phi) is 10.1. The number of thiazole rings is 1. The molecule has 1 amide bonds. The summed E-state index contributed by atoms with van der Waals surface area (Å²) in [5.74, 6) is -0.256. The van der Waals surface area contributed by atoms with Crippen molar-refractivity contribution in [3.63, 3.8) is 0 Å². The van der Waals surface area contributed by atoms with Crippen LogP contribution in [0.5, 0.6) is 0 Å². The molecule has 0 bridgehead atoms. The van der Waals surface area contributed by atoms with Crippen LogP contribution in [-0.2, 0) is 16.6 Å². The van der Waals surface area contributed by atoms with Crippen molar-refractivity contribution in [3.05, 3.63) is 94.0 Å². The molecule has 1 aromatic heterocycles. The summed E-state index contributed by atoms with van der Waals surface area (Å²) in [7, 11) is -2.15. The highest BCUT2D eigenvalue weighted by Crippen LogP contribution is 2.31. The molecule has 3 aromatic carbocycles. The Morgan fingerprint density at radius 1 is 1.05 bits per heavy atom. The number of rotatable bonds is 10. The molecule has 1 aliphatic heterocycles. The van der Waals surface area contributed by atoms with E-state index in [9.17, 15) is 23.3 Å².